The molecular weight excluding hydrogens is 292 g/mol. The molecule has 22 heavy (non-hydrogen) atoms. The summed E-state index contributed by atoms with van der Waals surface area (Å²) in [6, 6.07) is 4.12. The third-order valence-electron chi connectivity index (χ3n) is 3.70. The third kappa shape index (κ3) is 8.32. The number of rotatable bonds is 11. The maximum Gasteiger partial charge on any atom is 0.240 e. The first-order valence-electron chi connectivity index (χ1n) is 8.53. The number of aryl methyl sites for hydroxylation is 1. The van der Waals surface area contributed by atoms with Crippen LogP contribution in [0.4, 0.5) is 0 Å². The summed E-state index contributed by atoms with van der Waals surface area (Å²) >= 11 is 1.70. The van der Waals surface area contributed by atoms with E-state index in [0.29, 0.717) is 6.42 Å². The van der Waals surface area contributed by atoms with Crippen LogP contribution in [0.1, 0.15) is 81.4 Å². The predicted molar refractivity (Wildman–Crippen MR) is 96.6 cm³/mol. The van der Waals surface area contributed by atoms with Gasteiger partial charge in [0.25, 0.3) is 0 Å². The number of unbranched alkanes of at least 4 members (excludes halogenated alkanes) is 7. The molecule has 1 rings (SSSR count). The van der Waals surface area contributed by atoms with Gasteiger partial charge in [-0.2, -0.15) is 5.10 Å². The lowest BCUT2D eigenvalue weighted by Gasteiger charge is -2.02. The second-order valence-electron chi connectivity index (χ2n) is 5.87. The smallest absolute Gasteiger partial charge is 0.240 e. The van der Waals surface area contributed by atoms with Crippen LogP contribution in [-0.4, -0.2) is 11.6 Å². The molecule has 0 unspecified atom stereocenters. The molecule has 0 saturated heterocycles. The molecule has 1 aromatic rings. The van der Waals surface area contributed by atoms with E-state index in [1.165, 1.54) is 43.4 Å². The Labute approximate surface area is 139 Å². The van der Waals surface area contributed by atoms with Gasteiger partial charge < -0.3 is 0 Å². The maximum absolute atomic E-state index is 11.7. The van der Waals surface area contributed by atoms with Gasteiger partial charge in [0.15, 0.2) is 0 Å². The number of thiophene rings is 1. The monoisotopic (exact) mass is 322 g/mol. The highest BCUT2D eigenvalue weighted by Gasteiger charge is 2.03. The van der Waals surface area contributed by atoms with Gasteiger partial charge in [0.05, 0.1) is 10.6 Å². The molecular formula is C18H30N2OS. The zero-order valence-electron chi connectivity index (χ0n) is 14.3. The van der Waals surface area contributed by atoms with Crippen LogP contribution in [-0.2, 0) is 4.79 Å². The van der Waals surface area contributed by atoms with Crippen LogP contribution in [0.5, 0.6) is 0 Å². The maximum atomic E-state index is 11.7. The SMILES string of the molecule is CCCCCCCCCCC(=O)N/N=C(\C)c1ccc(C)s1. The van der Waals surface area contributed by atoms with Crippen molar-refractivity contribution in [2.45, 2.75) is 78.6 Å². The van der Waals surface area contributed by atoms with Gasteiger partial charge in [-0.05, 0) is 32.4 Å². The van der Waals surface area contributed by atoms with Gasteiger partial charge >= 0.3 is 0 Å². The lowest BCUT2D eigenvalue weighted by atomic mass is 10.1. The first-order valence-corrected chi connectivity index (χ1v) is 9.35. The standard InChI is InChI=1S/C18H30N2OS/c1-4-5-6-7-8-9-10-11-12-18(21)20-19-16(3)17-14-13-15(2)22-17/h13-14H,4-12H2,1-3H3,(H,20,21)/b19-16+. The quantitative estimate of drug-likeness (QED) is 0.329. The number of hydrogen-bond donors (Lipinski definition) is 1. The number of amides is 1. The highest BCUT2D eigenvalue weighted by Crippen LogP contribution is 2.15. The second-order valence-corrected chi connectivity index (χ2v) is 7.16. The average Bonchev–Trinajstić information content (AvgIpc) is 2.94. The molecule has 4 heteroatoms. The Morgan fingerprint density at radius 3 is 2.32 bits per heavy atom. The molecule has 0 aliphatic carbocycles. The van der Waals surface area contributed by atoms with E-state index < -0.39 is 0 Å². The van der Waals surface area contributed by atoms with Crippen molar-refractivity contribution in [3.8, 4) is 0 Å². The molecule has 0 fully saturated rings. The zero-order chi connectivity index (χ0) is 16.2. The van der Waals surface area contributed by atoms with Crippen molar-refractivity contribution in [3.05, 3.63) is 21.9 Å². The molecule has 0 spiro atoms. The van der Waals surface area contributed by atoms with E-state index >= 15 is 0 Å². The van der Waals surface area contributed by atoms with E-state index in [1.807, 2.05) is 13.0 Å². The molecule has 0 atom stereocenters. The summed E-state index contributed by atoms with van der Waals surface area (Å²) in [5.41, 5.74) is 3.54. The van der Waals surface area contributed by atoms with Crippen molar-refractivity contribution in [3.63, 3.8) is 0 Å². The van der Waals surface area contributed by atoms with Crippen molar-refractivity contribution >= 4 is 23.0 Å². The van der Waals surface area contributed by atoms with E-state index in [0.717, 1.165) is 23.4 Å². The minimum atomic E-state index is 0.0265. The second kappa shape index (κ2) is 11.4. The average molecular weight is 323 g/mol. The van der Waals surface area contributed by atoms with Gasteiger partial charge in [-0.25, -0.2) is 5.43 Å². The minimum absolute atomic E-state index is 0.0265. The Balaban J connectivity index is 2.08. The lowest BCUT2D eigenvalue weighted by molar-refractivity contribution is -0.121. The van der Waals surface area contributed by atoms with E-state index in [9.17, 15) is 4.79 Å². The van der Waals surface area contributed by atoms with Gasteiger partial charge in [-0.1, -0.05) is 51.9 Å². The molecule has 1 heterocycles. The number of hydrogen-bond acceptors (Lipinski definition) is 3. The molecule has 0 bridgehead atoms. The zero-order valence-corrected chi connectivity index (χ0v) is 15.1. The minimum Gasteiger partial charge on any atom is -0.273 e. The lowest BCUT2D eigenvalue weighted by Crippen LogP contribution is -2.18. The number of hydrazone groups is 1. The summed E-state index contributed by atoms with van der Waals surface area (Å²) in [5, 5.41) is 4.18. The van der Waals surface area contributed by atoms with Crippen LogP contribution < -0.4 is 5.43 Å². The number of carbonyl (C=O) groups excluding carboxylic acids is 1. The van der Waals surface area contributed by atoms with Crippen LogP contribution in [0.3, 0.4) is 0 Å². The normalized spacial score (nSPS) is 11.7. The number of carbonyl (C=O) groups is 1. The Kier molecular flexibility index (Phi) is 9.80. The summed E-state index contributed by atoms with van der Waals surface area (Å²) in [6.45, 7) is 6.24. The molecule has 1 aromatic heterocycles. The van der Waals surface area contributed by atoms with Crippen LogP contribution >= 0.6 is 11.3 Å². The fraction of sp³-hybridized carbons (Fsp3) is 0.667. The van der Waals surface area contributed by atoms with E-state index in [2.05, 4.69) is 30.4 Å². The van der Waals surface area contributed by atoms with Crippen molar-refractivity contribution in [2.75, 3.05) is 0 Å². The molecule has 124 valence electrons. The summed E-state index contributed by atoms with van der Waals surface area (Å²) < 4.78 is 0. The highest BCUT2D eigenvalue weighted by molar-refractivity contribution is 7.14. The topological polar surface area (TPSA) is 41.5 Å². The first kappa shape index (κ1) is 18.9. The fourth-order valence-corrected chi connectivity index (χ4v) is 3.12. The summed E-state index contributed by atoms with van der Waals surface area (Å²) in [7, 11) is 0. The van der Waals surface area contributed by atoms with Gasteiger partial charge in [0.2, 0.25) is 5.91 Å². The molecule has 0 aliphatic rings. The molecule has 0 saturated carbocycles. The van der Waals surface area contributed by atoms with Gasteiger partial charge in [0.1, 0.15) is 0 Å². The molecule has 0 radical (unpaired) electrons. The summed E-state index contributed by atoms with van der Waals surface area (Å²) in [6.07, 6.45) is 10.6. The van der Waals surface area contributed by atoms with Gasteiger partial charge in [0, 0.05) is 11.3 Å². The third-order valence-corrected chi connectivity index (χ3v) is 4.81. The van der Waals surface area contributed by atoms with Gasteiger partial charge in [-0.15, -0.1) is 11.3 Å². The van der Waals surface area contributed by atoms with Crippen molar-refractivity contribution in [2.24, 2.45) is 5.10 Å². The molecule has 1 amide bonds. The molecule has 0 aromatic carbocycles. The van der Waals surface area contributed by atoms with Crippen LogP contribution in [0.15, 0.2) is 17.2 Å². The first-order chi connectivity index (χ1) is 10.6. The fourth-order valence-electron chi connectivity index (χ4n) is 2.31. The Bertz CT molecular complexity index is 465. The summed E-state index contributed by atoms with van der Waals surface area (Å²) in [4.78, 5) is 14.1. The summed E-state index contributed by atoms with van der Waals surface area (Å²) in [5.74, 6) is 0.0265. The Hall–Kier alpha value is -1.16. The van der Waals surface area contributed by atoms with Gasteiger partial charge in [-0.3, -0.25) is 4.79 Å². The van der Waals surface area contributed by atoms with E-state index in [1.54, 1.807) is 11.3 Å². The van der Waals surface area contributed by atoms with Crippen LogP contribution in [0, 0.1) is 6.92 Å². The molecule has 1 N–H and O–H groups in total. The van der Waals surface area contributed by atoms with Crippen molar-refractivity contribution in [1.82, 2.24) is 5.43 Å². The predicted octanol–water partition coefficient (Wildman–Crippen LogP) is 5.43. The Morgan fingerprint density at radius 2 is 1.73 bits per heavy atom. The van der Waals surface area contributed by atoms with Crippen molar-refractivity contribution < 1.29 is 4.79 Å². The number of nitrogens with zero attached hydrogens (tertiary/aromatic N) is 1. The van der Waals surface area contributed by atoms with E-state index in [-0.39, 0.29) is 5.91 Å². The largest absolute Gasteiger partial charge is 0.273 e. The Morgan fingerprint density at radius 1 is 1.09 bits per heavy atom. The van der Waals surface area contributed by atoms with Crippen LogP contribution in [0.25, 0.3) is 0 Å². The molecule has 3 nitrogen and oxygen atoms in total. The van der Waals surface area contributed by atoms with E-state index in [4.69, 9.17) is 0 Å². The number of nitrogens with one attached hydrogen (secondary N) is 1. The molecule has 0 aliphatic heterocycles. The van der Waals surface area contributed by atoms with Crippen LogP contribution in [0.2, 0.25) is 0 Å². The highest BCUT2D eigenvalue weighted by atomic mass is 32.1. The van der Waals surface area contributed by atoms with Crippen molar-refractivity contribution in [1.29, 1.82) is 0 Å².